The van der Waals surface area contributed by atoms with Gasteiger partial charge >= 0.3 is 17.6 Å². The largest absolute Gasteiger partial charge is 0.482 e. The Kier molecular flexibility index (Phi) is 8.45. The summed E-state index contributed by atoms with van der Waals surface area (Å²) in [4.78, 5) is 43.9. The van der Waals surface area contributed by atoms with Crippen LogP contribution in [-0.2, 0) is 14.3 Å². The number of hydrogen-bond acceptors (Lipinski definition) is 9. The van der Waals surface area contributed by atoms with E-state index >= 15 is 0 Å². The van der Waals surface area contributed by atoms with Gasteiger partial charge in [-0.15, -0.1) is 0 Å². The van der Waals surface area contributed by atoms with E-state index in [0.717, 1.165) is 24.0 Å². The molecule has 1 N–H and O–H groups in total. The van der Waals surface area contributed by atoms with E-state index in [2.05, 4.69) is 25.8 Å². The van der Waals surface area contributed by atoms with Crippen molar-refractivity contribution in [3.8, 4) is 28.2 Å². The van der Waals surface area contributed by atoms with Crippen molar-refractivity contribution in [1.29, 1.82) is 0 Å². The lowest BCUT2D eigenvalue weighted by Crippen LogP contribution is -2.70. The van der Waals surface area contributed by atoms with Gasteiger partial charge in [-0.1, -0.05) is 63.2 Å². The third-order valence-corrected chi connectivity index (χ3v) is 12.2. The first kappa shape index (κ1) is 33.7. The number of benzene rings is 2. The van der Waals surface area contributed by atoms with E-state index in [0.29, 0.717) is 17.5 Å². The third-order valence-electron chi connectivity index (χ3n) is 12.2. The Bertz CT molecular complexity index is 1960. The van der Waals surface area contributed by atoms with Crippen LogP contribution in [0.5, 0.6) is 5.75 Å². The molecule has 3 heterocycles. The highest BCUT2D eigenvalue weighted by atomic mass is 16.6. The zero-order chi connectivity index (χ0) is 35.4. The third kappa shape index (κ3) is 5.52. The van der Waals surface area contributed by atoms with Crippen molar-refractivity contribution in [2.24, 2.45) is 28.6 Å². The standard InChI is InChI=1S/C41H43NO8/c1-24-17-18-39(3)32(40(24,4)23-47-25(2)43)21-33(49-37(45)28-15-13-27(14-16-28)26-10-7-6-8-11-26)41(5)36(39)35(44)34-31(50-41)20-30(48-38(34)46)29-12-9-19-42-22-29/h6-16,19-20,22,24,32-33,35-36,44H,17-18,21,23H2,1-5H3/t24-,32?,33-,35-,36?,39-,40+,41+/m0/s1. The molecule has 0 bridgehead atoms. The van der Waals surface area contributed by atoms with E-state index in [4.69, 9.17) is 18.6 Å². The van der Waals surface area contributed by atoms with Crippen molar-refractivity contribution in [2.75, 3.05) is 6.61 Å². The average Bonchev–Trinajstić information content (AvgIpc) is 3.10. The van der Waals surface area contributed by atoms with Crippen molar-refractivity contribution in [3.05, 3.63) is 107 Å². The Morgan fingerprint density at radius 3 is 2.36 bits per heavy atom. The monoisotopic (exact) mass is 677 g/mol. The van der Waals surface area contributed by atoms with Gasteiger partial charge in [-0.05, 0) is 78.8 Å². The normalized spacial score (nSPS) is 31.3. The van der Waals surface area contributed by atoms with Gasteiger partial charge in [-0.25, -0.2) is 9.59 Å². The first-order valence-electron chi connectivity index (χ1n) is 17.3. The molecule has 2 saturated carbocycles. The van der Waals surface area contributed by atoms with E-state index in [9.17, 15) is 19.5 Å². The van der Waals surface area contributed by atoms with Crippen LogP contribution >= 0.6 is 0 Å². The number of carbonyl (C=O) groups is 2. The molecule has 0 radical (unpaired) electrons. The molecule has 2 aromatic heterocycles. The van der Waals surface area contributed by atoms with Crippen LogP contribution in [0.15, 0.2) is 94.4 Å². The lowest BCUT2D eigenvalue weighted by atomic mass is 9.41. The number of aliphatic hydroxyl groups excluding tert-OH is 1. The second kappa shape index (κ2) is 12.5. The molecule has 50 heavy (non-hydrogen) atoms. The molecule has 0 amide bonds. The molecule has 9 heteroatoms. The number of ether oxygens (including phenoxy) is 3. The van der Waals surface area contributed by atoms with Gasteiger partial charge in [0.05, 0.1) is 18.3 Å². The fourth-order valence-corrected chi connectivity index (χ4v) is 9.32. The lowest BCUT2D eigenvalue weighted by Gasteiger charge is -2.66. The van der Waals surface area contributed by atoms with E-state index in [1.807, 2.05) is 49.4 Å². The molecule has 4 aromatic rings. The van der Waals surface area contributed by atoms with Crippen LogP contribution in [0, 0.1) is 28.6 Å². The predicted molar refractivity (Wildman–Crippen MR) is 186 cm³/mol. The Morgan fingerprint density at radius 2 is 1.68 bits per heavy atom. The molecule has 2 fully saturated rings. The van der Waals surface area contributed by atoms with Gasteiger partial charge in [0.15, 0.2) is 0 Å². The quantitative estimate of drug-likeness (QED) is 0.208. The smallest absolute Gasteiger partial charge is 0.345 e. The van der Waals surface area contributed by atoms with Crippen LogP contribution in [0.3, 0.4) is 0 Å². The molecule has 3 aliphatic rings. The molecule has 1 aliphatic heterocycles. The van der Waals surface area contributed by atoms with Gasteiger partial charge in [0.25, 0.3) is 0 Å². The minimum absolute atomic E-state index is 0.0453. The van der Waals surface area contributed by atoms with E-state index in [1.54, 1.807) is 42.7 Å². The number of pyridine rings is 1. The van der Waals surface area contributed by atoms with Crippen LogP contribution in [0.25, 0.3) is 22.5 Å². The summed E-state index contributed by atoms with van der Waals surface area (Å²) in [6, 6.07) is 22.3. The molecule has 0 spiro atoms. The number of hydrogen-bond donors (Lipinski definition) is 1. The SMILES string of the molecule is CC(=O)OC[C@@]1(C)C2C[C@H](OC(=O)c3ccc(-c4ccccc4)cc3)[C@@]3(C)Oc4cc(-c5cccnc5)oc(=O)c4[C@H](O)C3[C@@]2(C)CC[C@@H]1C. The van der Waals surface area contributed by atoms with Crippen molar-refractivity contribution in [2.45, 2.75) is 71.7 Å². The fraction of sp³-hybridized carbons (Fsp3) is 0.415. The van der Waals surface area contributed by atoms with Gasteiger partial charge in [0.1, 0.15) is 28.8 Å². The summed E-state index contributed by atoms with van der Waals surface area (Å²) >= 11 is 0. The summed E-state index contributed by atoms with van der Waals surface area (Å²) in [7, 11) is 0. The lowest BCUT2D eigenvalue weighted by molar-refractivity contribution is -0.257. The maximum absolute atomic E-state index is 14.0. The van der Waals surface area contributed by atoms with Gasteiger partial charge in [-0.2, -0.15) is 0 Å². The fourth-order valence-electron chi connectivity index (χ4n) is 9.32. The number of rotatable bonds is 6. The Labute approximate surface area is 291 Å². The number of aliphatic hydroxyl groups is 1. The number of fused-ring (bicyclic) bond motifs is 4. The number of aromatic nitrogens is 1. The summed E-state index contributed by atoms with van der Waals surface area (Å²) in [6.45, 7) is 9.85. The maximum Gasteiger partial charge on any atom is 0.345 e. The Hall–Kier alpha value is -4.76. The summed E-state index contributed by atoms with van der Waals surface area (Å²) < 4.78 is 24.8. The van der Waals surface area contributed by atoms with Crippen molar-refractivity contribution < 1.29 is 33.3 Å². The van der Waals surface area contributed by atoms with Crippen molar-refractivity contribution >= 4 is 11.9 Å². The highest BCUT2D eigenvalue weighted by molar-refractivity contribution is 5.90. The molecule has 0 saturated heterocycles. The number of esters is 2. The zero-order valence-corrected chi connectivity index (χ0v) is 29.1. The molecular weight excluding hydrogens is 634 g/mol. The average molecular weight is 678 g/mol. The molecule has 8 atom stereocenters. The first-order chi connectivity index (χ1) is 23.8. The summed E-state index contributed by atoms with van der Waals surface area (Å²) in [5.41, 5.74) is -0.0276. The Morgan fingerprint density at radius 1 is 0.980 bits per heavy atom. The first-order valence-corrected chi connectivity index (χ1v) is 17.3. The molecule has 7 rings (SSSR count). The van der Waals surface area contributed by atoms with E-state index < -0.39 is 46.2 Å². The highest BCUT2D eigenvalue weighted by Gasteiger charge is 2.70. The molecule has 260 valence electrons. The highest BCUT2D eigenvalue weighted by Crippen LogP contribution is 2.68. The predicted octanol–water partition coefficient (Wildman–Crippen LogP) is 7.42. The summed E-state index contributed by atoms with van der Waals surface area (Å²) in [6.07, 6.45) is 3.04. The second-order valence-electron chi connectivity index (χ2n) is 15.0. The van der Waals surface area contributed by atoms with E-state index in [-0.39, 0.29) is 41.5 Å². The summed E-state index contributed by atoms with van der Waals surface area (Å²) in [5.74, 6) is -1.13. The van der Waals surface area contributed by atoms with Crippen LogP contribution in [-0.4, -0.2) is 40.3 Å². The van der Waals surface area contributed by atoms with Crippen molar-refractivity contribution in [3.63, 3.8) is 0 Å². The summed E-state index contributed by atoms with van der Waals surface area (Å²) in [5, 5.41) is 12.4. The van der Waals surface area contributed by atoms with Crippen molar-refractivity contribution in [1.82, 2.24) is 4.98 Å². The van der Waals surface area contributed by atoms with Gasteiger partial charge < -0.3 is 23.7 Å². The second-order valence-corrected chi connectivity index (χ2v) is 15.0. The minimum Gasteiger partial charge on any atom is -0.482 e. The molecule has 2 aromatic carbocycles. The zero-order valence-electron chi connectivity index (χ0n) is 29.1. The van der Waals surface area contributed by atoms with Crippen LogP contribution in [0.2, 0.25) is 0 Å². The molecular formula is C41H43NO8. The van der Waals surface area contributed by atoms with Gasteiger partial charge in [0, 0.05) is 42.3 Å². The maximum atomic E-state index is 14.0. The Balaban J connectivity index is 1.31. The van der Waals surface area contributed by atoms with Crippen LogP contribution in [0.1, 0.15) is 75.9 Å². The molecule has 2 aliphatic carbocycles. The van der Waals surface area contributed by atoms with E-state index in [1.165, 1.54) is 6.92 Å². The number of nitrogens with zero attached hydrogens (tertiary/aromatic N) is 1. The number of carbonyl (C=O) groups excluding carboxylic acids is 2. The molecule has 9 nitrogen and oxygen atoms in total. The van der Waals surface area contributed by atoms with Crippen LogP contribution in [0.4, 0.5) is 0 Å². The topological polar surface area (TPSA) is 125 Å². The van der Waals surface area contributed by atoms with Crippen LogP contribution < -0.4 is 10.4 Å². The minimum atomic E-state index is -1.28. The van der Waals surface area contributed by atoms with Gasteiger partial charge in [0.2, 0.25) is 0 Å². The van der Waals surface area contributed by atoms with Gasteiger partial charge in [-0.3, -0.25) is 9.78 Å². The molecule has 2 unspecified atom stereocenters.